The average molecular weight is 277 g/mol. The molecule has 0 aliphatic rings. The molecule has 1 rings (SSSR count). The van der Waals surface area contributed by atoms with Gasteiger partial charge < -0.3 is 10.4 Å². The molecule has 0 aromatic heterocycles. The maximum atomic E-state index is 12.2. The summed E-state index contributed by atoms with van der Waals surface area (Å²) in [5.41, 5.74) is 0.436. The van der Waals surface area contributed by atoms with Crippen molar-refractivity contribution in [2.24, 2.45) is 0 Å². The summed E-state index contributed by atoms with van der Waals surface area (Å²) in [5.74, 6) is -0.763. The number of hydrogen-bond donors (Lipinski definition) is 2. The molecule has 1 aromatic rings. The van der Waals surface area contributed by atoms with Crippen molar-refractivity contribution in [2.45, 2.75) is 44.9 Å². The fourth-order valence-corrected chi connectivity index (χ4v) is 1.99. The van der Waals surface area contributed by atoms with Crippen molar-refractivity contribution >= 4 is 11.9 Å². The molecule has 0 unspecified atom stereocenters. The van der Waals surface area contributed by atoms with Crippen molar-refractivity contribution in [1.82, 2.24) is 5.32 Å². The number of carbonyl (C=O) groups excluding carboxylic acids is 1. The van der Waals surface area contributed by atoms with E-state index in [1.165, 1.54) is 0 Å². The maximum Gasteiger partial charge on any atom is 0.303 e. The van der Waals surface area contributed by atoms with Crippen molar-refractivity contribution in [1.29, 1.82) is 0 Å². The van der Waals surface area contributed by atoms with Crippen LogP contribution in [0, 0.1) is 0 Å². The molecule has 1 amide bonds. The van der Waals surface area contributed by atoms with E-state index in [-0.39, 0.29) is 12.3 Å². The molecule has 0 heterocycles. The van der Waals surface area contributed by atoms with Gasteiger partial charge in [0.05, 0.1) is 5.41 Å². The van der Waals surface area contributed by atoms with Gasteiger partial charge in [-0.25, -0.2) is 0 Å². The summed E-state index contributed by atoms with van der Waals surface area (Å²) >= 11 is 0. The van der Waals surface area contributed by atoms with Crippen molar-refractivity contribution in [3.63, 3.8) is 0 Å². The second kappa shape index (κ2) is 7.68. The molecule has 4 nitrogen and oxygen atoms in total. The topological polar surface area (TPSA) is 66.4 Å². The van der Waals surface area contributed by atoms with Gasteiger partial charge in [-0.3, -0.25) is 9.59 Å². The van der Waals surface area contributed by atoms with E-state index in [0.717, 1.165) is 18.4 Å². The molecule has 20 heavy (non-hydrogen) atoms. The molecule has 2 N–H and O–H groups in total. The van der Waals surface area contributed by atoms with E-state index in [1.54, 1.807) is 0 Å². The zero-order chi connectivity index (χ0) is 15.0. The third-order valence-corrected chi connectivity index (χ3v) is 3.42. The first-order chi connectivity index (χ1) is 9.44. The van der Waals surface area contributed by atoms with Crippen LogP contribution < -0.4 is 5.32 Å². The summed E-state index contributed by atoms with van der Waals surface area (Å²) in [6, 6.07) is 9.69. The Morgan fingerprint density at radius 1 is 1.10 bits per heavy atom. The molecule has 0 bridgehead atoms. The van der Waals surface area contributed by atoms with Crippen LogP contribution in [0.25, 0.3) is 0 Å². The van der Waals surface area contributed by atoms with E-state index in [1.807, 2.05) is 44.2 Å². The van der Waals surface area contributed by atoms with E-state index in [0.29, 0.717) is 13.0 Å². The zero-order valence-electron chi connectivity index (χ0n) is 12.2. The standard InChI is InChI=1S/C16H23NO3/c1-16(2,13-9-5-3-6-10-13)15(20)17-12-8-4-7-11-14(18)19/h3,5-6,9-10H,4,7-8,11-12H2,1-2H3,(H,17,20)(H,18,19). The fourth-order valence-electron chi connectivity index (χ4n) is 1.99. The lowest BCUT2D eigenvalue weighted by molar-refractivity contribution is -0.137. The van der Waals surface area contributed by atoms with Crippen LogP contribution in [-0.2, 0) is 15.0 Å². The summed E-state index contributed by atoms with van der Waals surface area (Å²) in [6.45, 7) is 4.40. The monoisotopic (exact) mass is 277 g/mol. The Balaban J connectivity index is 2.33. The lowest BCUT2D eigenvalue weighted by atomic mass is 9.84. The Hall–Kier alpha value is -1.84. The van der Waals surface area contributed by atoms with Gasteiger partial charge >= 0.3 is 5.97 Å². The predicted molar refractivity (Wildman–Crippen MR) is 78.6 cm³/mol. The molecule has 0 radical (unpaired) electrons. The molecule has 0 aliphatic heterocycles. The van der Waals surface area contributed by atoms with E-state index in [2.05, 4.69) is 5.32 Å². The highest BCUT2D eigenvalue weighted by Crippen LogP contribution is 2.22. The van der Waals surface area contributed by atoms with Crippen LogP contribution in [0.3, 0.4) is 0 Å². The molecular weight excluding hydrogens is 254 g/mol. The Bertz CT molecular complexity index is 440. The smallest absolute Gasteiger partial charge is 0.303 e. The Kier molecular flexibility index (Phi) is 6.22. The number of carboxylic acid groups (broad SMARTS) is 1. The van der Waals surface area contributed by atoms with Gasteiger partial charge in [0.2, 0.25) is 5.91 Å². The van der Waals surface area contributed by atoms with Gasteiger partial charge in [0.15, 0.2) is 0 Å². The van der Waals surface area contributed by atoms with Crippen LogP contribution in [0.15, 0.2) is 30.3 Å². The van der Waals surface area contributed by atoms with E-state index in [9.17, 15) is 9.59 Å². The Morgan fingerprint density at radius 3 is 2.35 bits per heavy atom. The predicted octanol–water partition coefficient (Wildman–Crippen LogP) is 2.73. The fraction of sp³-hybridized carbons (Fsp3) is 0.500. The first-order valence-corrected chi connectivity index (χ1v) is 7.00. The second-order valence-electron chi connectivity index (χ2n) is 5.45. The van der Waals surface area contributed by atoms with Gasteiger partial charge in [-0.2, -0.15) is 0 Å². The minimum Gasteiger partial charge on any atom is -0.481 e. The van der Waals surface area contributed by atoms with Gasteiger partial charge in [-0.15, -0.1) is 0 Å². The maximum absolute atomic E-state index is 12.2. The summed E-state index contributed by atoms with van der Waals surface area (Å²) in [7, 11) is 0. The Morgan fingerprint density at radius 2 is 1.75 bits per heavy atom. The van der Waals surface area contributed by atoms with Gasteiger partial charge in [0, 0.05) is 13.0 Å². The quantitative estimate of drug-likeness (QED) is 0.718. The van der Waals surface area contributed by atoms with Crippen molar-refractivity contribution in [3.05, 3.63) is 35.9 Å². The first-order valence-electron chi connectivity index (χ1n) is 7.00. The molecular formula is C16H23NO3. The van der Waals surface area contributed by atoms with Crippen LogP contribution in [-0.4, -0.2) is 23.5 Å². The van der Waals surface area contributed by atoms with Gasteiger partial charge in [0.1, 0.15) is 0 Å². The summed E-state index contributed by atoms with van der Waals surface area (Å²) in [6.07, 6.45) is 2.49. The third kappa shape index (κ3) is 5.03. The number of unbranched alkanes of at least 4 members (excludes halogenated alkanes) is 2. The Labute approximate surface area is 120 Å². The summed E-state index contributed by atoms with van der Waals surface area (Å²) in [4.78, 5) is 22.6. The number of rotatable bonds is 8. The number of carboxylic acids is 1. The minimum atomic E-state index is -0.765. The highest BCUT2D eigenvalue weighted by Gasteiger charge is 2.28. The molecule has 0 saturated heterocycles. The van der Waals surface area contributed by atoms with Gasteiger partial charge in [0.25, 0.3) is 0 Å². The third-order valence-electron chi connectivity index (χ3n) is 3.42. The zero-order valence-corrected chi connectivity index (χ0v) is 12.2. The van der Waals surface area contributed by atoms with Crippen LogP contribution in [0.1, 0.15) is 45.1 Å². The van der Waals surface area contributed by atoms with Gasteiger partial charge in [-0.05, 0) is 32.3 Å². The molecule has 110 valence electrons. The number of aliphatic carboxylic acids is 1. The molecule has 1 aromatic carbocycles. The highest BCUT2D eigenvalue weighted by molar-refractivity contribution is 5.87. The van der Waals surface area contributed by atoms with E-state index >= 15 is 0 Å². The van der Waals surface area contributed by atoms with Crippen molar-refractivity contribution in [3.8, 4) is 0 Å². The minimum absolute atomic E-state index is 0.00179. The van der Waals surface area contributed by atoms with Crippen LogP contribution >= 0.6 is 0 Å². The average Bonchev–Trinajstić information content (AvgIpc) is 2.43. The molecule has 0 saturated carbocycles. The van der Waals surface area contributed by atoms with Crippen LogP contribution in [0.2, 0.25) is 0 Å². The SMILES string of the molecule is CC(C)(C(=O)NCCCCCC(=O)O)c1ccccc1. The lowest BCUT2D eigenvalue weighted by Gasteiger charge is -2.24. The molecule has 0 aliphatic carbocycles. The lowest BCUT2D eigenvalue weighted by Crippen LogP contribution is -2.40. The first kappa shape index (κ1) is 16.2. The molecule has 0 fully saturated rings. The van der Waals surface area contributed by atoms with Crippen molar-refractivity contribution < 1.29 is 14.7 Å². The second-order valence-corrected chi connectivity index (χ2v) is 5.45. The van der Waals surface area contributed by atoms with E-state index in [4.69, 9.17) is 5.11 Å². The summed E-state index contributed by atoms with van der Waals surface area (Å²) in [5, 5.41) is 11.4. The number of carbonyl (C=O) groups is 2. The summed E-state index contributed by atoms with van der Waals surface area (Å²) < 4.78 is 0. The van der Waals surface area contributed by atoms with Crippen LogP contribution in [0.5, 0.6) is 0 Å². The normalized spacial score (nSPS) is 11.1. The molecule has 0 atom stereocenters. The number of hydrogen-bond acceptors (Lipinski definition) is 2. The van der Waals surface area contributed by atoms with Crippen molar-refractivity contribution in [2.75, 3.05) is 6.54 Å². The number of nitrogens with one attached hydrogen (secondary N) is 1. The number of amides is 1. The molecule has 4 heteroatoms. The highest BCUT2D eigenvalue weighted by atomic mass is 16.4. The van der Waals surface area contributed by atoms with Crippen LogP contribution in [0.4, 0.5) is 0 Å². The molecule has 0 spiro atoms. The number of benzene rings is 1. The largest absolute Gasteiger partial charge is 0.481 e. The van der Waals surface area contributed by atoms with E-state index < -0.39 is 11.4 Å². The van der Waals surface area contributed by atoms with Gasteiger partial charge in [-0.1, -0.05) is 36.8 Å².